The Balaban J connectivity index is 1.78. The van der Waals surface area contributed by atoms with Crippen LogP contribution in [0.2, 0.25) is 0 Å². The molecule has 0 aliphatic carbocycles. The number of nitrogens with zero attached hydrogens (tertiary/aromatic N) is 5. The fourth-order valence-corrected chi connectivity index (χ4v) is 3.16. The van der Waals surface area contributed by atoms with E-state index >= 15 is 0 Å². The number of carbonyl (C=O) groups is 2. The Kier molecular flexibility index (Phi) is 5.64. The number of ether oxygens (including phenoxy) is 2. The molecule has 12 nitrogen and oxygen atoms in total. The normalized spacial score (nSPS) is 19.6. The maximum absolute atomic E-state index is 12.1. The summed E-state index contributed by atoms with van der Waals surface area (Å²) in [6.45, 7) is 4.08. The fourth-order valence-electron chi connectivity index (χ4n) is 3.16. The zero-order valence-corrected chi connectivity index (χ0v) is 15.2. The van der Waals surface area contributed by atoms with Crippen LogP contribution in [0.15, 0.2) is 4.63 Å². The predicted octanol–water partition coefficient (Wildman–Crippen LogP) is -1.62. The summed E-state index contributed by atoms with van der Waals surface area (Å²) >= 11 is 0. The molecular weight excluding hydrogens is 358 g/mol. The van der Waals surface area contributed by atoms with Gasteiger partial charge in [0.1, 0.15) is 12.2 Å². The molecule has 2 aromatic rings. The minimum Gasteiger partial charge on any atom is -0.466 e. The third-order valence-corrected chi connectivity index (χ3v) is 4.57. The van der Waals surface area contributed by atoms with Gasteiger partial charge in [0.2, 0.25) is 11.6 Å². The Labute approximate surface area is 154 Å². The number of nitrogens with two attached hydrogens (primary N) is 1. The number of likely N-dealkylation sites (tertiary alicyclic amines) is 1. The van der Waals surface area contributed by atoms with Crippen LogP contribution in [0, 0.1) is 5.92 Å². The molecule has 0 radical (unpaired) electrons. The molecule has 3 N–H and O–H groups in total. The molecule has 0 bridgehead atoms. The highest BCUT2D eigenvalue weighted by atomic mass is 16.6. The van der Waals surface area contributed by atoms with Gasteiger partial charge in [-0.1, -0.05) is 5.21 Å². The van der Waals surface area contributed by atoms with Gasteiger partial charge >= 0.3 is 11.9 Å². The monoisotopic (exact) mass is 380 g/mol. The van der Waals surface area contributed by atoms with E-state index < -0.39 is 5.97 Å². The zero-order valence-electron chi connectivity index (χ0n) is 15.2. The highest BCUT2D eigenvalue weighted by Gasteiger charge is 2.32. The van der Waals surface area contributed by atoms with Crippen molar-refractivity contribution in [2.45, 2.75) is 26.3 Å². The molecule has 0 unspecified atom stereocenters. The van der Waals surface area contributed by atoms with Crippen molar-refractivity contribution in [3.05, 3.63) is 11.4 Å². The molecule has 0 atom stereocenters. The van der Waals surface area contributed by atoms with Crippen molar-refractivity contribution in [1.29, 1.82) is 0 Å². The van der Waals surface area contributed by atoms with Gasteiger partial charge in [0.05, 0.1) is 32.7 Å². The van der Waals surface area contributed by atoms with E-state index in [1.54, 1.807) is 6.92 Å². The molecule has 12 heteroatoms. The number of esters is 2. The highest BCUT2D eigenvalue weighted by molar-refractivity contribution is 5.88. The van der Waals surface area contributed by atoms with Gasteiger partial charge in [-0.3, -0.25) is 4.79 Å². The van der Waals surface area contributed by atoms with E-state index in [0.717, 1.165) is 13.1 Å². The van der Waals surface area contributed by atoms with Gasteiger partial charge in [0.25, 0.3) is 0 Å². The number of carbonyl (C=O) groups excluding carboxylic acids is 2. The molecule has 0 amide bonds. The van der Waals surface area contributed by atoms with E-state index in [1.165, 1.54) is 16.7 Å². The minimum atomic E-state index is -0.605. The molecule has 0 spiro atoms. The first-order chi connectivity index (χ1) is 13.0. The van der Waals surface area contributed by atoms with Crippen LogP contribution in [0.1, 0.15) is 35.9 Å². The summed E-state index contributed by atoms with van der Waals surface area (Å²) in [5, 5.41) is 15.1. The molecule has 0 aromatic carbocycles. The summed E-state index contributed by atoms with van der Waals surface area (Å²) in [5.74, 6) is -0.652. The number of aromatic nitrogens is 5. The molecule has 1 aliphatic heterocycles. The van der Waals surface area contributed by atoms with Crippen LogP contribution in [0.3, 0.4) is 0 Å². The zero-order chi connectivity index (χ0) is 19.4. The fraction of sp³-hybridized carbons (Fsp3) is 0.600. The summed E-state index contributed by atoms with van der Waals surface area (Å²) in [6, 6.07) is 0. The molecule has 146 valence electrons. The smallest absolute Gasteiger partial charge is 0.360 e. The van der Waals surface area contributed by atoms with Gasteiger partial charge in [0, 0.05) is 12.8 Å². The molecule has 1 aliphatic rings. The third kappa shape index (κ3) is 3.89. The average molecular weight is 380 g/mol. The summed E-state index contributed by atoms with van der Waals surface area (Å²) in [6.07, 6.45) is 1.41. The maximum Gasteiger partial charge on any atom is 0.360 e. The maximum atomic E-state index is 12.1. The van der Waals surface area contributed by atoms with E-state index in [9.17, 15) is 9.59 Å². The molecule has 0 saturated carbocycles. The number of methoxy groups -OCH3 is 1. The first-order valence-corrected chi connectivity index (χ1v) is 8.66. The molecule has 27 heavy (non-hydrogen) atoms. The number of hydrogen-bond acceptors (Lipinski definition) is 10. The Morgan fingerprint density at radius 2 is 2.07 bits per heavy atom. The summed E-state index contributed by atoms with van der Waals surface area (Å²) in [7, 11) is 1.27. The first kappa shape index (κ1) is 18.8. The van der Waals surface area contributed by atoms with Crippen molar-refractivity contribution in [2.24, 2.45) is 5.92 Å². The van der Waals surface area contributed by atoms with E-state index in [4.69, 9.17) is 15.2 Å². The number of rotatable bonds is 6. The topological polar surface area (TPSA) is 153 Å². The summed E-state index contributed by atoms with van der Waals surface area (Å²) in [5.41, 5.74) is 6.32. The first-order valence-electron chi connectivity index (χ1n) is 8.66. The van der Waals surface area contributed by atoms with Crippen molar-refractivity contribution < 1.29 is 28.6 Å². The number of quaternary nitrogens is 1. The van der Waals surface area contributed by atoms with E-state index in [2.05, 4.69) is 25.3 Å². The van der Waals surface area contributed by atoms with Crippen LogP contribution >= 0.6 is 0 Å². The van der Waals surface area contributed by atoms with Crippen LogP contribution in [-0.4, -0.2) is 64.1 Å². The summed E-state index contributed by atoms with van der Waals surface area (Å²) < 4.78 is 15.8. The third-order valence-electron chi connectivity index (χ3n) is 4.57. The Morgan fingerprint density at radius 1 is 1.33 bits per heavy atom. The van der Waals surface area contributed by atoms with E-state index in [1.807, 2.05) is 0 Å². The Morgan fingerprint density at radius 3 is 2.67 bits per heavy atom. The Hall–Kier alpha value is -3.02. The second kappa shape index (κ2) is 8.12. The predicted molar refractivity (Wildman–Crippen MR) is 88.7 cm³/mol. The van der Waals surface area contributed by atoms with Crippen molar-refractivity contribution >= 4 is 17.8 Å². The highest BCUT2D eigenvalue weighted by Crippen LogP contribution is 2.17. The molecule has 1 saturated heterocycles. The Bertz CT molecular complexity index is 809. The number of nitrogens with one attached hydrogen (secondary N) is 1. The van der Waals surface area contributed by atoms with Gasteiger partial charge in [-0.15, -0.1) is 5.10 Å². The van der Waals surface area contributed by atoms with Gasteiger partial charge in [-0.25, -0.2) is 9.42 Å². The molecular formula is C15H22N7O5+. The van der Waals surface area contributed by atoms with Crippen LogP contribution in [0.5, 0.6) is 0 Å². The van der Waals surface area contributed by atoms with Crippen LogP contribution < -0.4 is 10.6 Å². The van der Waals surface area contributed by atoms with Crippen molar-refractivity contribution in [2.75, 3.05) is 32.5 Å². The van der Waals surface area contributed by atoms with Gasteiger partial charge < -0.3 is 20.1 Å². The van der Waals surface area contributed by atoms with Crippen LogP contribution in [-0.2, 0) is 20.8 Å². The van der Waals surface area contributed by atoms with Gasteiger partial charge in [-0.2, -0.15) is 4.68 Å². The van der Waals surface area contributed by atoms with Gasteiger partial charge in [0.15, 0.2) is 5.69 Å². The number of piperidine rings is 1. The van der Waals surface area contributed by atoms with Crippen molar-refractivity contribution in [3.63, 3.8) is 0 Å². The minimum absolute atomic E-state index is 0.0357. The average Bonchev–Trinajstić information content (AvgIpc) is 3.27. The number of hydrogen-bond donors (Lipinski definition) is 2. The lowest BCUT2D eigenvalue weighted by molar-refractivity contribution is -0.919. The lowest BCUT2D eigenvalue weighted by atomic mass is 9.97. The standard InChI is InChI=1S/C15H21N7O5/c1-3-26-14(23)9-4-6-21(7-5-9)8-10-11(15(24)25-2)17-20-22(10)13-12(16)18-27-19-13/h9H,3-8H2,1-2H3,(H2,16,18)/p+1. The quantitative estimate of drug-likeness (QED) is 0.559. The summed E-state index contributed by atoms with van der Waals surface area (Å²) in [4.78, 5) is 25.1. The van der Waals surface area contributed by atoms with Crippen molar-refractivity contribution in [3.8, 4) is 5.82 Å². The molecule has 1 fully saturated rings. The van der Waals surface area contributed by atoms with E-state index in [-0.39, 0.29) is 29.2 Å². The molecule has 3 rings (SSSR count). The number of nitrogen functional groups attached to an aromatic ring is 1. The van der Waals surface area contributed by atoms with Crippen LogP contribution in [0.25, 0.3) is 5.82 Å². The van der Waals surface area contributed by atoms with Crippen molar-refractivity contribution in [1.82, 2.24) is 25.3 Å². The molecule has 2 aromatic heterocycles. The lowest BCUT2D eigenvalue weighted by Gasteiger charge is -2.28. The second-order valence-electron chi connectivity index (χ2n) is 6.21. The second-order valence-corrected chi connectivity index (χ2v) is 6.21. The SMILES string of the molecule is CCOC(=O)C1CC[NH+](Cc2c(C(=O)OC)nnn2-c2nonc2N)CC1. The largest absolute Gasteiger partial charge is 0.466 e. The van der Waals surface area contributed by atoms with Crippen LogP contribution in [0.4, 0.5) is 5.82 Å². The molecule has 3 heterocycles. The lowest BCUT2D eigenvalue weighted by Crippen LogP contribution is -3.12. The number of anilines is 1. The van der Waals surface area contributed by atoms with Gasteiger partial charge in [-0.05, 0) is 17.2 Å². The van der Waals surface area contributed by atoms with E-state index in [0.29, 0.717) is 31.7 Å².